The van der Waals surface area contributed by atoms with Crippen molar-refractivity contribution in [3.8, 4) is 0 Å². The van der Waals surface area contributed by atoms with Gasteiger partial charge in [0.2, 0.25) is 0 Å². The van der Waals surface area contributed by atoms with Crippen LogP contribution in [-0.2, 0) is 0 Å². The molecule has 0 bridgehead atoms. The minimum atomic E-state index is -0.178. The van der Waals surface area contributed by atoms with E-state index in [-0.39, 0.29) is 17.9 Å². The van der Waals surface area contributed by atoms with E-state index in [4.69, 9.17) is 0 Å². The van der Waals surface area contributed by atoms with E-state index in [9.17, 15) is 4.39 Å². The van der Waals surface area contributed by atoms with Crippen molar-refractivity contribution in [2.45, 2.75) is 32.4 Å². The third-order valence-electron chi connectivity index (χ3n) is 3.49. The van der Waals surface area contributed by atoms with Crippen molar-refractivity contribution in [1.29, 1.82) is 0 Å². The Balaban J connectivity index is 2.15. The minimum Gasteiger partial charge on any atom is -0.303 e. The fourth-order valence-corrected chi connectivity index (χ4v) is 2.71. The highest BCUT2D eigenvalue weighted by molar-refractivity contribution is 9.10. The van der Waals surface area contributed by atoms with Gasteiger partial charge in [0.15, 0.2) is 0 Å². The van der Waals surface area contributed by atoms with Crippen molar-refractivity contribution in [2.75, 3.05) is 0 Å². The lowest BCUT2D eigenvalue weighted by Crippen LogP contribution is -2.24. The summed E-state index contributed by atoms with van der Waals surface area (Å²) >= 11 is 3.29. The van der Waals surface area contributed by atoms with Gasteiger partial charge >= 0.3 is 0 Å². The number of hydrogen-bond acceptors (Lipinski definition) is 1. The van der Waals surface area contributed by atoms with Crippen LogP contribution in [0.4, 0.5) is 4.39 Å². The molecule has 0 aliphatic heterocycles. The van der Waals surface area contributed by atoms with E-state index >= 15 is 0 Å². The second-order valence-corrected chi connectivity index (χ2v) is 5.84. The molecule has 0 saturated carbocycles. The van der Waals surface area contributed by atoms with E-state index in [0.29, 0.717) is 5.56 Å². The standard InChI is InChI=1S/C17H19BrFN/c1-3-17(13-7-5-4-6-8-13)20-12(2)15-10-9-14(18)11-16(15)19/h4-12,17,20H,3H2,1-2H3. The Kier molecular flexibility index (Phi) is 5.32. The molecule has 106 valence electrons. The van der Waals surface area contributed by atoms with Crippen LogP contribution in [0.1, 0.15) is 43.5 Å². The number of halogens is 2. The second kappa shape index (κ2) is 7.00. The Bertz CT molecular complexity index is 556. The first kappa shape index (κ1) is 15.2. The minimum absolute atomic E-state index is 0.0340. The van der Waals surface area contributed by atoms with Gasteiger partial charge in [-0.25, -0.2) is 4.39 Å². The summed E-state index contributed by atoms with van der Waals surface area (Å²) in [6.07, 6.45) is 0.965. The molecule has 0 radical (unpaired) electrons. The van der Waals surface area contributed by atoms with Crippen molar-refractivity contribution in [2.24, 2.45) is 0 Å². The van der Waals surface area contributed by atoms with Gasteiger partial charge in [0, 0.05) is 22.1 Å². The lowest BCUT2D eigenvalue weighted by molar-refractivity contribution is 0.442. The summed E-state index contributed by atoms with van der Waals surface area (Å²) in [5, 5.41) is 3.50. The Morgan fingerprint density at radius 2 is 1.85 bits per heavy atom. The Morgan fingerprint density at radius 3 is 2.45 bits per heavy atom. The van der Waals surface area contributed by atoms with E-state index in [0.717, 1.165) is 10.9 Å². The normalized spacial score (nSPS) is 14.0. The Labute approximate surface area is 128 Å². The highest BCUT2D eigenvalue weighted by Gasteiger charge is 2.16. The molecule has 0 aliphatic rings. The van der Waals surface area contributed by atoms with Gasteiger partial charge in [0.25, 0.3) is 0 Å². The van der Waals surface area contributed by atoms with E-state index in [1.807, 2.05) is 37.3 Å². The van der Waals surface area contributed by atoms with Crippen LogP contribution in [0.25, 0.3) is 0 Å². The van der Waals surface area contributed by atoms with Crippen LogP contribution < -0.4 is 5.32 Å². The first-order chi connectivity index (χ1) is 9.61. The smallest absolute Gasteiger partial charge is 0.129 e. The van der Waals surface area contributed by atoms with Crippen LogP contribution in [0.15, 0.2) is 53.0 Å². The maximum absolute atomic E-state index is 14.0. The number of hydrogen-bond donors (Lipinski definition) is 1. The summed E-state index contributed by atoms with van der Waals surface area (Å²) in [6, 6.07) is 15.7. The highest BCUT2D eigenvalue weighted by atomic mass is 79.9. The number of benzene rings is 2. The third kappa shape index (κ3) is 3.68. The molecule has 1 N–H and O–H groups in total. The highest BCUT2D eigenvalue weighted by Crippen LogP contribution is 2.25. The molecule has 0 amide bonds. The van der Waals surface area contributed by atoms with Crippen molar-refractivity contribution in [1.82, 2.24) is 5.32 Å². The summed E-state index contributed by atoms with van der Waals surface area (Å²) in [5.74, 6) is -0.178. The maximum Gasteiger partial charge on any atom is 0.129 e. The van der Waals surface area contributed by atoms with E-state index < -0.39 is 0 Å². The predicted octanol–water partition coefficient (Wildman–Crippen LogP) is 5.39. The summed E-state index contributed by atoms with van der Waals surface area (Å²) < 4.78 is 14.8. The molecule has 0 aromatic heterocycles. The fourth-order valence-electron chi connectivity index (χ4n) is 2.38. The summed E-state index contributed by atoms with van der Waals surface area (Å²) in [4.78, 5) is 0. The molecule has 2 aromatic carbocycles. The predicted molar refractivity (Wildman–Crippen MR) is 85.1 cm³/mol. The van der Waals surface area contributed by atoms with Gasteiger partial charge < -0.3 is 5.32 Å². The molecule has 2 unspecified atom stereocenters. The summed E-state index contributed by atoms with van der Waals surface area (Å²) in [6.45, 7) is 4.13. The van der Waals surface area contributed by atoms with Crippen LogP contribution in [0.3, 0.4) is 0 Å². The van der Waals surface area contributed by atoms with Gasteiger partial charge in [-0.2, -0.15) is 0 Å². The zero-order chi connectivity index (χ0) is 14.5. The molecule has 0 heterocycles. The number of rotatable bonds is 5. The van der Waals surface area contributed by atoms with Crippen molar-refractivity contribution >= 4 is 15.9 Å². The largest absolute Gasteiger partial charge is 0.303 e. The average molecular weight is 336 g/mol. The molecule has 2 aromatic rings. The van der Waals surface area contributed by atoms with Crippen LogP contribution in [0.2, 0.25) is 0 Å². The van der Waals surface area contributed by atoms with Crippen LogP contribution >= 0.6 is 15.9 Å². The molecular formula is C17H19BrFN. The molecule has 0 fully saturated rings. The second-order valence-electron chi connectivity index (χ2n) is 4.93. The third-order valence-corrected chi connectivity index (χ3v) is 3.98. The maximum atomic E-state index is 14.0. The Hall–Kier alpha value is -1.19. The quantitative estimate of drug-likeness (QED) is 0.772. The van der Waals surface area contributed by atoms with Gasteiger partial charge in [-0.05, 0) is 31.0 Å². The van der Waals surface area contributed by atoms with Gasteiger partial charge in [-0.15, -0.1) is 0 Å². The molecule has 20 heavy (non-hydrogen) atoms. The lowest BCUT2D eigenvalue weighted by atomic mass is 10.0. The van der Waals surface area contributed by atoms with E-state index in [1.165, 1.54) is 11.6 Å². The fraction of sp³-hybridized carbons (Fsp3) is 0.294. The zero-order valence-electron chi connectivity index (χ0n) is 11.7. The van der Waals surface area contributed by atoms with Crippen molar-refractivity contribution in [3.63, 3.8) is 0 Å². The van der Waals surface area contributed by atoms with E-state index in [1.54, 1.807) is 0 Å². The lowest BCUT2D eigenvalue weighted by Gasteiger charge is -2.23. The van der Waals surface area contributed by atoms with E-state index in [2.05, 4.69) is 40.3 Å². The molecule has 1 nitrogen and oxygen atoms in total. The first-order valence-electron chi connectivity index (χ1n) is 6.87. The summed E-state index contributed by atoms with van der Waals surface area (Å²) in [7, 11) is 0. The number of nitrogens with one attached hydrogen (secondary N) is 1. The average Bonchev–Trinajstić information content (AvgIpc) is 2.45. The molecule has 3 heteroatoms. The van der Waals surface area contributed by atoms with Crippen LogP contribution in [0.5, 0.6) is 0 Å². The zero-order valence-corrected chi connectivity index (χ0v) is 13.3. The van der Waals surface area contributed by atoms with Crippen LogP contribution in [-0.4, -0.2) is 0 Å². The SMILES string of the molecule is CCC(NC(C)c1ccc(Br)cc1F)c1ccccc1. The van der Waals surface area contributed by atoms with Crippen LogP contribution in [0, 0.1) is 5.82 Å². The van der Waals surface area contributed by atoms with Gasteiger partial charge in [0.05, 0.1) is 0 Å². The first-order valence-corrected chi connectivity index (χ1v) is 7.67. The molecule has 2 atom stereocenters. The molecule has 2 rings (SSSR count). The van der Waals surface area contributed by atoms with Crippen molar-refractivity contribution in [3.05, 3.63) is 69.9 Å². The molecule has 0 spiro atoms. The van der Waals surface area contributed by atoms with Gasteiger partial charge in [-0.1, -0.05) is 59.3 Å². The van der Waals surface area contributed by atoms with Crippen molar-refractivity contribution < 1.29 is 4.39 Å². The monoisotopic (exact) mass is 335 g/mol. The molecule has 0 saturated heterocycles. The van der Waals surface area contributed by atoms with Gasteiger partial charge in [0.1, 0.15) is 5.82 Å². The molecule has 0 aliphatic carbocycles. The topological polar surface area (TPSA) is 12.0 Å². The Morgan fingerprint density at radius 1 is 1.15 bits per heavy atom. The molecular weight excluding hydrogens is 317 g/mol. The van der Waals surface area contributed by atoms with Gasteiger partial charge in [-0.3, -0.25) is 0 Å². The summed E-state index contributed by atoms with van der Waals surface area (Å²) in [5.41, 5.74) is 1.93.